The first-order chi connectivity index (χ1) is 6.34. The Morgan fingerprint density at radius 1 is 1.38 bits per heavy atom. The van der Waals surface area contributed by atoms with Gasteiger partial charge in [0.1, 0.15) is 5.69 Å². The van der Waals surface area contributed by atoms with Gasteiger partial charge in [-0.15, -0.1) is 0 Å². The summed E-state index contributed by atoms with van der Waals surface area (Å²) in [6.07, 6.45) is 6.78. The van der Waals surface area contributed by atoms with Crippen molar-refractivity contribution >= 4 is 5.78 Å². The lowest BCUT2D eigenvalue weighted by Gasteiger charge is -1.97. The minimum absolute atomic E-state index is 0.0431. The molecule has 0 amide bonds. The number of ketones is 1. The van der Waals surface area contributed by atoms with Gasteiger partial charge in [0.25, 0.3) is 0 Å². The second-order valence-electron chi connectivity index (χ2n) is 2.76. The predicted molar refractivity (Wildman–Crippen MR) is 49.3 cm³/mol. The minimum Gasteiger partial charge on any atom is -0.330 e. The second-order valence-corrected chi connectivity index (χ2v) is 2.76. The first kappa shape index (κ1) is 9.80. The fourth-order valence-electron chi connectivity index (χ4n) is 1.00. The number of hydrogen-bond acceptors (Lipinski definition) is 4. The summed E-state index contributed by atoms with van der Waals surface area (Å²) in [5.74, 6) is 0.0431. The van der Waals surface area contributed by atoms with Crippen LogP contribution in [-0.2, 0) is 0 Å². The third-order valence-corrected chi connectivity index (χ3v) is 1.71. The van der Waals surface area contributed by atoms with E-state index in [-0.39, 0.29) is 5.78 Å². The number of nitrogens with two attached hydrogens (primary N) is 1. The number of aromatic nitrogens is 2. The van der Waals surface area contributed by atoms with E-state index >= 15 is 0 Å². The molecule has 13 heavy (non-hydrogen) atoms. The van der Waals surface area contributed by atoms with Gasteiger partial charge in [-0.2, -0.15) is 0 Å². The molecule has 4 heteroatoms. The Morgan fingerprint density at radius 2 is 2.23 bits per heavy atom. The average molecular weight is 179 g/mol. The zero-order valence-corrected chi connectivity index (χ0v) is 7.44. The normalized spacial score (nSPS) is 9.92. The van der Waals surface area contributed by atoms with E-state index in [1.54, 1.807) is 6.20 Å². The van der Waals surface area contributed by atoms with Crippen LogP contribution in [0, 0.1) is 0 Å². The highest BCUT2D eigenvalue weighted by atomic mass is 16.1. The van der Waals surface area contributed by atoms with Crippen molar-refractivity contribution in [2.24, 2.45) is 5.73 Å². The van der Waals surface area contributed by atoms with Crippen LogP contribution >= 0.6 is 0 Å². The van der Waals surface area contributed by atoms with Gasteiger partial charge in [0, 0.05) is 18.8 Å². The van der Waals surface area contributed by atoms with Crippen molar-refractivity contribution in [3.05, 3.63) is 24.3 Å². The van der Waals surface area contributed by atoms with Gasteiger partial charge < -0.3 is 5.73 Å². The molecule has 0 bridgehead atoms. The Bertz CT molecular complexity index is 261. The lowest BCUT2D eigenvalue weighted by molar-refractivity contribution is 0.0974. The van der Waals surface area contributed by atoms with Crippen molar-refractivity contribution in [1.29, 1.82) is 0 Å². The molecule has 1 heterocycles. The molecule has 2 N–H and O–H groups in total. The fraction of sp³-hybridized carbons (Fsp3) is 0.444. The Hall–Kier alpha value is -1.29. The summed E-state index contributed by atoms with van der Waals surface area (Å²) in [6.45, 7) is 0.633. The molecule has 0 fully saturated rings. The van der Waals surface area contributed by atoms with Gasteiger partial charge in [-0.05, 0) is 19.4 Å². The number of carbonyl (C=O) groups is 1. The topological polar surface area (TPSA) is 68.9 Å². The maximum atomic E-state index is 11.4. The van der Waals surface area contributed by atoms with Gasteiger partial charge >= 0.3 is 0 Å². The molecule has 0 aliphatic carbocycles. The smallest absolute Gasteiger partial charge is 0.182 e. The molecule has 0 radical (unpaired) electrons. The quantitative estimate of drug-likeness (QED) is 0.536. The second kappa shape index (κ2) is 5.37. The van der Waals surface area contributed by atoms with E-state index in [9.17, 15) is 4.79 Å². The molecule has 1 rings (SSSR count). The van der Waals surface area contributed by atoms with Crippen LogP contribution in [0.3, 0.4) is 0 Å². The predicted octanol–water partition coefficient (Wildman–Crippen LogP) is 0.788. The maximum absolute atomic E-state index is 11.4. The van der Waals surface area contributed by atoms with E-state index in [1.165, 1.54) is 12.4 Å². The number of unbranched alkanes of at least 4 members (excludes halogenated alkanes) is 1. The Morgan fingerprint density at radius 3 is 2.85 bits per heavy atom. The van der Waals surface area contributed by atoms with Gasteiger partial charge in [0.05, 0.1) is 6.20 Å². The molecular weight excluding hydrogens is 166 g/mol. The highest BCUT2D eigenvalue weighted by Crippen LogP contribution is 2.01. The first-order valence-electron chi connectivity index (χ1n) is 4.34. The van der Waals surface area contributed by atoms with Crippen LogP contribution in [0.1, 0.15) is 29.8 Å². The molecule has 0 unspecified atom stereocenters. The van der Waals surface area contributed by atoms with Crippen LogP contribution in [0.25, 0.3) is 0 Å². The minimum atomic E-state index is 0.0431. The van der Waals surface area contributed by atoms with E-state index in [4.69, 9.17) is 5.73 Å². The number of Topliss-reactive ketones (excluding diaryl/α,β-unsaturated/α-hetero) is 1. The van der Waals surface area contributed by atoms with Crippen LogP contribution in [0.2, 0.25) is 0 Å². The standard InChI is InChI=1S/C9H13N3O/c10-4-2-1-3-9(13)8-7-11-5-6-12-8/h5-7H,1-4,10H2. The molecule has 0 saturated heterocycles. The molecule has 4 nitrogen and oxygen atoms in total. The number of carbonyl (C=O) groups excluding carboxylic acids is 1. The number of hydrogen-bond donors (Lipinski definition) is 1. The van der Waals surface area contributed by atoms with Crippen molar-refractivity contribution in [3.63, 3.8) is 0 Å². The van der Waals surface area contributed by atoms with E-state index in [1.807, 2.05) is 0 Å². The summed E-state index contributed by atoms with van der Waals surface area (Å²) in [7, 11) is 0. The summed E-state index contributed by atoms with van der Waals surface area (Å²) in [5, 5.41) is 0. The lowest BCUT2D eigenvalue weighted by Crippen LogP contribution is -2.04. The maximum Gasteiger partial charge on any atom is 0.182 e. The molecule has 0 saturated carbocycles. The van der Waals surface area contributed by atoms with E-state index in [0.29, 0.717) is 18.7 Å². The van der Waals surface area contributed by atoms with Gasteiger partial charge in [0.2, 0.25) is 0 Å². The lowest BCUT2D eigenvalue weighted by atomic mass is 10.1. The highest BCUT2D eigenvalue weighted by Gasteiger charge is 2.05. The Balaban J connectivity index is 2.40. The van der Waals surface area contributed by atoms with Gasteiger partial charge in [-0.3, -0.25) is 9.78 Å². The fourth-order valence-corrected chi connectivity index (χ4v) is 1.00. The molecule has 0 atom stereocenters. The monoisotopic (exact) mass is 179 g/mol. The number of rotatable bonds is 5. The summed E-state index contributed by atoms with van der Waals surface area (Å²) >= 11 is 0. The van der Waals surface area contributed by atoms with E-state index in [0.717, 1.165) is 12.8 Å². The highest BCUT2D eigenvalue weighted by molar-refractivity contribution is 5.93. The van der Waals surface area contributed by atoms with Crippen molar-refractivity contribution in [2.45, 2.75) is 19.3 Å². The zero-order chi connectivity index (χ0) is 9.52. The summed E-state index contributed by atoms with van der Waals surface area (Å²) in [4.78, 5) is 19.1. The van der Waals surface area contributed by atoms with Crippen LogP contribution in [0.15, 0.2) is 18.6 Å². The van der Waals surface area contributed by atoms with Crippen molar-refractivity contribution in [1.82, 2.24) is 9.97 Å². The first-order valence-corrected chi connectivity index (χ1v) is 4.34. The van der Waals surface area contributed by atoms with Crippen molar-refractivity contribution in [3.8, 4) is 0 Å². The van der Waals surface area contributed by atoms with Gasteiger partial charge in [0.15, 0.2) is 5.78 Å². The molecule has 1 aromatic heterocycles. The van der Waals surface area contributed by atoms with Crippen molar-refractivity contribution < 1.29 is 4.79 Å². The van der Waals surface area contributed by atoms with Gasteiger partial charge in [-0.25, -0.2) is 4.98 Å². The molecule has 0 spiro atoms. The Kier molecular flexibility index (Phi) is 4.05. The van der Waals surface area contributed by atoms with Crippen LogP contribution in [0.5, 0.6) is 0 Å². The Labute approximate surface area is 77.2 Å². The third kappa shape index (κ3) is 3.29. The average Bonchev–Trinajstić information content (AvgIpc) is 2.19. The largest absolute Gasteiger partial charge is 0.330 e. The van der Waals surface area contributed by atoms with Crippen LogP contribution in [0.4, 0.5) is 0 Å². The summed E-state index contributed by atoms with van der Waals surface area (Å²) < 4.78 is 0. The SMILES string of the molecule is NCCCCC(=O)c1cnccn1. The molecular formula is C9H13N3O. The van der Waals surface area contributed by atoms with Crippen molar-refractivity contribution in [2.75, 3.05) is 6.54 Å². The van der Waals surface area contributed by atoms with Crippen LogP contribution in [-0.4, -0.2) is 22.3 Å². The molecule has 0 aromatic carbocycles. The summed E-state index contributed by atoms with van der Waals surface area (Å²) in [5.41, 5.74) is 5.76. The number of nitrogens with zero attached hydrogens (tertiary/aromatic N) is 2. The third-order valence-electron chi connectivity index (χ3n) is 1.71. The zero-order valence-electron chi connectivity index (χ0n) is 7.44. The molecule has 1 aromatic rings. The molecule has 70 valence electrons. The van der Waals surface area contributed by atoms with E-state index < -0.39 is 0 Å². The summed E-state index contributed by atoms with van der Waals surface area (Å²) in [6, 6.07) is 0. The molecule has 0 aliphatic rings. The van der Waals surface area contributed by atoms with E-state index in [2.05, 4.69) is 9.97 Å². The molecule has 0 aliphatic heterocycles. The van der Waals surface area contributed by atoms with Crippen LogP contribution < -0.4 is 5.73 Å². The van der Waals surface area contributed by atoms with Gasteiger partial charge in [-0.1, -0.05) is 0 Å².